The standard InChI is InChI=1S/C20H22NO2.3C4H9.Sn/c1-20(2,3)23-19(22)21(16-18-12-8-5-9-13-18)15-14-17-10-6-4-7-11-17;3*1-3-4-2;/h4-14H,16H2,1-3H3;3*1,3-4H2,2H3;. The fourth-order valence-electron chi connectivity index (χ4n) is 4.86. The number of unbranched alkanes of at least 4 members (excludes halogenated alkanes) is 3. The summed E-state index contributed by atoms with van der Waals surface area (Å²) in [7, 11) is 0. The first kappa shape index (κ1) is 30.5. The number of hydrogen-bond donors (Lipinski definition) is 0. The van der Waals surface area contributed by atoms with E-state index in [9.17, 15) is 4.79 Å². The molecule has 0 aliphatic carbocycles. The van der Waals surface area contributed by atoms with Crippen LogP contribution < -0.4 is 0 Å². The van der Waals surface area contributed by atoms with E-state index in [0.717, 1.165) is 5.56 Å². The molecule has 4 heteroatoms. The molecular weight excluding hydrogens is 549 g/mol. The first-order valence-corrected chi connectivity index (χ1v) is 21.5. The van der Waals surface area contributed by atoms with E-state index in [-0.39, 0.29) is 6.09 Å². The molecule has 2 aromatic rings. The Bertz CT molecular complexity index is 896. The SMILES string of the molecule is CCC[CH2][Sn]([CH2]CCC)([CH2]CCC)/[C](=C/c1ccccc1)N(Cc1ccccc1)C(=O)OC(C)(C)C. The van der Waals surface area contributed by atoms with Crippen LogP contribution in [0.2, 0.25) is 13.3 Å². The zero-order chi connectivity index (χ0) is 26.4. The van der Waals surface area contributed by atoms with E-state index in [1.54, 1.807) is 0 Å². The van der Waals surface area contributed by atoms with Gasteiger partial charge in [0.1, 0.15) is 0 Å². The summed E-state index contributed by atoms with van der Waals surface area (Å²) in [5.41, 5.74) is 1.78. The molecule has 2 rings (SSSR count). The monoisotopic (exact) mass is 599 g/mol. The third-order valence-corrected chi connectivity index (χ3v) is 22.3. The van der Waals surface area contributed by atoms with E-state index >= 15 is 0 Å². The van der Waals surface area contributed by atoms with Crippen LogP contribution in [0.3, 0.4) is 0 Å². The zero-order valence-electron chi connectivity index (χ0n) is 23.7. The summed E-state index contributed by atoms with van der Waals surface area (Å²) in [6, 6.07) is 21.0. The molecule has 36 heavy (non-hydrogen) atoms. The third-order valence-electron chi connectivity index (χ3n) is 6.76. The van der Waals surface area contributed by atoms with Crippen LogP contribution >= 0.6 is 0 Å². The van der Waals surface area contributed by atoms with E-state index in [2.05, 4.69) is 81.4 Å². The van der Waals surface area contributed by atoms with Gasteiger partial charge < -0.3 is 0 Å². The van der Waals surface area contributed by atoms with E-state index in [1.165, 1.54) is 61.1 Å². The topological polar surface area (TPSA) is 29.5 Å². The maximum absolute atomic E-state index is 14.0. The summed E-state index contributed by atoms with van der Waals surface area (Å²) in [6.45, 7) is 13.3. The molecule has 0 radical (unpaired) electrons. The van der Waals surface area contributed by atoms with Crippen LogP contribution in [0.1, 0.15) is 91.2 Å². The Kier molecular flexibility index (Phi) is 13.1. The molecule has 0 spiro atoms. The van der Waals surface area contributed by atoms with Crippen LogP contribution in [0.4, 0.5) is 4.79 Å². The van der Waals surface area contributed by atoms with E-state index in [0.29, 0.717) is 6.54 Å². The van der Waals surface area contributed by atoms with Gasteiger partial charge >= 0.3 is 226 Å². The first-order chi connectivity index (χ1) is 17.2. The van der Waals surface area contributed by atoms with Crippen LogP contribution in [0, 0.1) is 0 Å². The van der Waals surface area contributed by atoms with Crippen molar-refractivity contribution < 1.29 is 9.53 Å². The number of carbonyl (C=O) groups is 1. The Morgan fingerprint density at radius 1 is 0.806 bits per heavy atom. The molecule has 0 aromatic heterocycles. The van der Waals surface area contributed by atoms with Gasteiger partial charge in [0.25, 0.3) is 0 Å². The van der Waals surface area contributed by atoms with Crippen molar-refractivity contribution in [1.82, 2.24) is 4.90 Å². The van der Waals surface area contributed by atoms with Gasteiger partial charge in [-0.3, -0.25) is 0 Å². The summed E-state index contributed by atoms with van der Waals surface area (Å²) in [5.74, 6) is 0. The van der Waals surface area contributed by atoms with Crippen molar-refractivity contribution >= 4 is 30.5 Å². The normalized spacial score (nSPS) is 12.4. The Labute approximate surface area is 225 Å². The Morgan fingerprint density at radius 2 is 1.28 bits per heavy atom. The van der Waals surface area contributed by atoms with E-state index < -0.39 is 24.0 Å². The average molecular weight is 598 g/mol. The van der Waals surface area contributed by atoms with Gasteiger partial charge in [-0.2, -0.15) is 0 Å². The Balaban J connectivity index is 2.75. The number of carbonyl (C=O) groups excluding carboxylic acids is 1. The zero-order valence-corrected chi connectivity index (χ0v) is 26.5. The second kappa shape index (κ2) is 15.5. The molecule has 3 nitrogen and oxygen atoms in total. The predicted octanol–water partition coefficient (Wildman–Crippen LogP) is 9.85. The fraction of sp³-hybridized carbons (Fsp3) is 0.531. The van der Waals surface area contributed by atoms with Crippen LogP contribution in [-0.4, -0.2) is 35.0 Å². The molecule has 2 aromatic carbocycles. The fourth-order valence-corrected chi connectivity index (χ4v) is 21.5. The second-order valence-electron chi connectivity index (χ2n) is 11.1. The van der Waals surface area contributed by atoms with Crippen molar-refractivity contribution in [3.63, 3.8) is 0 Å². The van der Waals surface area contributed by atoms with Crippen molar-refractivity contribution in [3.8, 4) is 0 Å². The van der Waals surface area contributed by atoms with Crippen LogP contribution in [0.5, 0.6) is 0 Å². The van der Waals surface area contributed by atoms with Gasteiger partial charge in [0.15, 0.2) is 0 Å². The number of benzene rings is 2. The van der Waals surface area contributed by atoms with Crippen LogP contribution in [-0.2, 0) is 11.3 Å². The summed E-state index contributed by atoms with van der Waals surface area (Å²) in [5, 5.41) is 0. The molecular formula is C32H49NO2Sn. The van der Waals surface area contributed by atoms with Crippen molar-refractivity contribution in [3.05, 3.63) is 75.5 Å². The molecule has 0 N–H and O–H groups in total. The minimum absolute atomic E-state index is 0.209. The third kappa shape index (κ3) is 9.95. The quantitative estimate of drug-likeness (QED) is 0.203. The number of nitrogens with zero attached hydrogens (tertiary/aromatic N) is 1. The van der Waals surface area contributed by atoms with Gasteiger partial charge in [0, 0.05) is 0 Å². The summed E-state index contributed by atoms with van der Waals surface area (Å²) < 4.78 is 11.3. The van der Waals surface area contributed by atoms with Crippen molar-refractivity contribution in [2.75, 3.05) is 0 Å². The number of amides is 1. The first-order valence-electron chi connectivity index (χ1n) is 14.1. The average Bonchev–Trinajstić information content (AvgIpc) is 2.86. The molecule has 198 valence electrons. The van der Waals surface area contributed by atoms with Crippen LogP contribution in [0.25, 0.3) is 6.08 Å². The molecule has 0 atom stereocenters. The van der Waals surface area contributed by atoms with Gasteiger partial charge in [0.2, 0.25) is 0 Å². The molecule has 0 fully saturated rings. The van der Waals surface area contributed by atoms with Gasteiger partial charge in [0.05, 0.1) is 0 Å². The van der Waals surface area contributed by atoms with E-state index in [1.807, 2.05) is 31.7 Å². The number of hydrogen-bond acceptors (Lipinski definition) is 2. The molecule has 1 amide bonds. The molecule has 0 aliphatic rings. The number of ether oxygens (including phenoxy) is 1. The molecule has 0 saturated heterocycles. The van der Waals surface area contributed by atoms with Gasteiger partial charge in [-0.25, -0.2) is 0 Å². The maximum atomic E-state index is 14.0. The van der Waals surface area contributed by atoms with Crippen molar-refractivity contribution in [2.45, 2.75) is 106 Å². The second-order valence-corrected chi connectivity index (χ2v) is 24.1. The molecule has 0 bridgehead atoms. The van der Waals surface area contributed by atoms with Crippen molar-refractivity contribution in [2.24, 2.45) is 0 Å². The molecule has 0 heterocycles. The molecule has 0 unspecified atom stereocenters. The van der Waals surface area contributed by atoms with Gasteiger partial charge in [-0.05, 0) is 0 Å². The van der Waals surface area contributed by atoms with E-state index in [4.69, 9.17) is 4.74 Å². The summed E-state index contributed by atoms with van der Waals surface area (Å²) in [6.07, 6.45) is 9.46. The molecule has 0 aliphatic heterocycles. The van der Waals surface area contributed by atoms with Crippen LogP contribution in [0.15, 0.2) is 64.4 Å². The summed E-state index contributed by atoms with van der Waals surface area (Å²) in [4.78, 5) is 16.0. The van der Waals surface area contributed by atoms with Crippen molar-refractivity contribution in [1.29, 1.82) is 0 Å². The predicted molar refractivity (Wildman–Crippen MR) is 158 cm³/mol. The Hall–Kier alpha value is -1.75. The Morgan fingerprint density at radius 3 is 1.72 bits per heavy atom. The number of rotatable bonds is 14. The minimum atomic E-state index is -3.04. The van der Waals surface area contributed by atoms with Gasteiger partial charge in [-0.1, -0.05) is 0 Å². The summed E-state index contributed by atoms with van der Waals surface area (Å²) >= 11 is -3.04. The molecule has 0 saturated carbocycles. The van der Waals surface area contributed by atoms with Gasteiger partial charge in [-0.15, -0.1) is 0 Å².